The lowest BCUT2D eigenvalue weighted by atomic mass is 10.0. The molecule has 1 aliphatic rings. The zero-order valence-corrected chi connectivity index (χ0v) is 17.8. The fourth-order valence-corrected chi connectivity index (χ4v) is 5.26. The number of piperidine rings is 1. The molecule has 0 unspecified atom stereocenters. The molecule has 3 aromatic rings. The highest BCUT2D eigenvalue weighted by Crippen LogP contribution is 2.31. The Morgan fingerprint density at radius 3 is 2.62 bits per heavy atom. The van der Waals surface area contributed by atoms with Crippen LogP contribution in [0.5, 0.6) is 0 Å². The van der Waals surface area contributed by atoms with E-state index in [0.29, 0.717) is 11.2 Å². The summed E-state index contributed by atoms with van der Waals surface area (Å²) in [6, 6.07) is 12.3. The molecule has 0 spiro atoms. The molecule has 1 aromatic carbocycles. The predicted octanol–water partition coefficient (Wildman–Crippen LogP) is 2.92. The summed E-state index contributed by atoms with van der Waals surface area (Å²) in [6.07, 6.45) is 1.53. The van der Waals surface area contributed by atoms with E-state index in [1.807, 2.05) is 37.3 Å². The molecule has 1 fully saturated rings. The Kier molecular flexibility index (Phi) is 4.97. The maximum absolute atomic E-state index is 12.2. The Morgan fingerprint density at radius 1 is 1.28 bits per heavy atom. The minimum absolute atomic E-state index is 0.0192. The van der Waals surface area contributed by atoms with Crippen molar-refractivity contribution in [1.82, 2.24) is 13.7 Å². The van der Waals surface area contributed by atoms with Crippen molar-refractivity contribution in [2.45, 2.75) is 32.7 Å². The van der Waals surface area contributed by atoms with Crippen LogP contribution < -0.4 is 4.90 Å². The molecule has 7 nitrogen and oxygen atoms in total. The highest BCUT2D eigenvalue weighted by atomic mass is 32.2. The third kappa shape index (κ3) is 3.24. The third-order valence-corrected chi connectivity index (χ3v) is 7.88. The molecule has 152 valence electrons. The number of nitrogens with zero attached hydrogens (tertiary/aromatic N) is 5. The number of aromatic nitrogens is 2. The summed E-state index contributed by atoms with van der Waals surface area (Å²) in [5.74, 6) is 1.13. The van der Waals surface area contributed by atoms with Crippen LogP contribution in [-0.2, 0) is 10.0 Å². The number of hydrogen-bond acceptors (Lipinski definition) is 5. The molecule has 0 aliphatic carbocycles. The standard InChI is InChI=1S/C21H25N5O2S/c1-4-29(27,28)24(3)16-9-11-25(12-10-16)20-13-15(2)17(14-22)21-23-18-7-5-6-8-19(18)26(20)21/h5-8,13,16H,4,9-12H2,1-3H3. The van der Waals surface area contributed by atoms with Gasteiger partial charge in [-0.2, -0.15) is 5.26 Å². The van der Waals surface area contributed by atoms with E-state index in [2.05, 4.69) is 15.4 Å². The van der Waals surface area contributed by atoms with Crippen LogP contribution in [0, 0.1) is 18.3 Å². The summed E-state index contributed by atoms with van der Waals surface area (Å²) in [5.41, 5.74) is 4.00. The first-order valence-corrected chi connectivity index (χ1v) is 11.5. The monoisotopic (exact) mass is 411 g/mol. The third-order valence-electron chi connectivity index (χ3n) is 5.97. The number of anilines is 1. The summed E-state index contributed by atoms with van der Waals surface area (Å²) in [6.45, 7) is 5.12. The first-order valence-electron chi connectivity index (χ1n) is 9.89. The Bertz CT molecular complexity index is 1220. The number of pyridine rings is 1. The summed E-state index contributed by atoms with van der Waals surface area (Å²) in [7, 11) is -1.50. The van der Waals surface area contributed by atoms with Crippen LogP contribution >= 0.6 is 0 Å². The van der Waals surface area contributed by atoms with Crippen LogP contribution in [-0.4, -0.2) is 54.0 Å². The van der Waals surface area contributed by atoms with E-state index >= 15 is 0 Å². The van der Waals surface area contributed by atoms with Crippen molar-refractivity contribution in [2.75, 3.05) is 30.8 Å². The number of imidazole rings is 1. The van der Waals surface area contributed by atoms with E-state index in [1.54, 1.807) is 14.0 Å². The van der Waals surface area contributed by atoms with E-state index < -0.39 is 10.0 Å². The normalized spacial score (nSPS) is 16.0. The van der Waals surface area contributed by atoms with Gasteiger partial charge in [0, 0.05) is 26.2 Å². The fraction of sp³-hybridized carbons (Fsp3) is 0.429. The summed E-state index contributed by atoms with van der Waals surface area (Å²) in [4.78, 5) is 6.99. The van der Waals surface area contributed by atoms with Crippen LogP contribution in [0.3, 0.4) is 0 Å². The van der Waals surface area contributed by atoms with Gasteiger partial charge in [-0.15, -0.1) is 0 Å². The van der Waals surface area contributed by atoms with Gasteiger partial charge in [-0.25, -0.2) is 17.7 Å². The SMILES string of the molecule is CCS(=O)(=O)N(C)C1CCN(c2cc(C)c(C#N)c3nc4ccccc4n23)CC1. The molecule has 3 heterocycles. The number of rotatable bonds is 4. The minimum atomic E-state index is -3.19. The Labute approximate surface area is 171 Å². The molecule has 0 N–H and O–H groups in total. The van der Waals surface area contributed by atoms with Gasteiger partial charge in [-0.3, -0.25) is 4.40 Å². The molecule has 0 radical (unpaired) electrons. The first kappa shape index (κ1) is 19.7. The van der Waals surface area contributed by atoms with Gasteiger partial charge in [0.2, 0.25) is 10.0 Å². The molecule has 8 heteroatoms. The van der Waals surface area contributed by atoms with Crippen LogP contribution in [0.4, 0.5) is 5.82 Å². The van der Waals surface area contributed by atoms with E-state index in [-0.39, 0.29) is 11.8 Å². The number of benzene rings is 1. The minimum Gasteiger partial charge on any atom is -0.358 e. The molecule has 29 heavy (non-hydrogen) atoms. The zero-order chi connectivity index (χ0) is 20.8. The Morgan fingerprint density at radius 2 is 1.97 bits per heavy atom. The smallest absolute Gasteiger partial charge is 0.213 e. The van der Waals surface area contributed by atoms with Crippen molar-refractivity contribution in [3.8, 4) is 6.07 Å². The van der Waals surface area contributed by atoms with Crippen molar-refractivity contribution in [3.05, 3.63) is 41.5 Å². The van der Waals surface area contributed by atoms with Crippen LogP contribution in [0.15, 0.2) is 30.3 Å². The van der Waals surface area contributed by atoms with Crippen LogP contribution in [0.2, 0.25) is 0 Å². The number of hydrogen-bond donors (Lipinski definition) is 0. The topological polar surface area (TPSA) is 81.7 Å². The Hall–Kier alpha value is -2.63. The summed E-state index contributed by atoms with van der Waals surface area (Å²) in [5, 5.41) is 9.66. The maximum atomic E-state index is 12.2. The van der Waals surface area contributed by atoms with Crippen molar-refractivity contribution < 1.29 is 8.42 Å². The fourth-order valence-electron chi connectivity index (χ4n) is 4.19. The van der Waals surface area contributed by atoms with Gasteiger partial charge in [0.15, 0.2) is 5.65 Å². The highest BCUT2D eigenvalue weighted by Gasteiger charge is 2.30. The number of fused-ring (bicyclic) bond motifs is 3. The second-order valence-corrected chi connectivity index (χ2v) is 9.88. The van der Waals surface area contributed by atoms with Gasteiger partial charge >= 0.3 is 0 Å². The number of aryl methyl sites for hydroxylation is 1. The lowest BCUT2D eigenvalue weighted by Crippen LogP contribution is -2.46. The highest BCUT2D eigenvalue weighted by molar-refractivity contribution is 7.89. The number of sulfonamides is 1. The average Bonchev–Trinajstić information content (AvgIpc) is 3.12. The molecule has 0 saturated carbocycles. The molecule has 0 bridgehead atoms. The van der Waals surface area contributed by atoms with Gasteiger partial charge < -0.3 is 4.90 Å². The van der Waals surface area contributed by atoms with Gasteiger partial charge in [0.05, 0.1) is 22.3 Å². The Balaban J connectivity index is 1.73. The summed E-state index contributed by atoms with van der Waals surface area (Å²) >= 11 is 0. The van der Waals surface area contributed by atoms with Crippen molar-refractivity contribution in [1.29, 1.82) is 5.26 Å². The number of para-hydroxylation sites is 2. The molecule has 1 aliphatic heterocycles. The second-order valence-electron chi connectivity index (χ2n) is 7.57. The molecule has 0 atom stereocenters. The second kappa shape index (κ2) is 7.32. The lowest BCUT2D eigenvalue weighted by molar-refractivity contribution is 0.312. The van der Waals surface area contributed by atoms with E-state index in [9.17, 15) is 13.7 Å². The molecular weight excluding hydrogens is 386 g/mol. The van der Waals surface area contributed by atoms with E-state index in [1.165, 1.54) is 4.31 Å². The molecule has 2 aromatic heterocycles. The molecule has 0 amide bonds. The van der Waals surface area contributed by atoms with Crippen molar-refractivity contribution in [3.63, 3.8) is 0 Å². The predicted molar refractivity (Wildman–Crippen MR) is 115 cm³/mol. The molecule has 4 rings (SSSR count). The molecule has 1 saturated heterocycles. The zero-order valence-electron chi connectivity index (χ0n) is 17.0. The quantitative estimate of drug-likeness (QED) is 0.659. The summed E-state index contributed by atoms with van der Waals surface area (Å²) < 4.78 is 28.0. The van der Waals surface area contributed by atoms with Gasteiger partial charge in [-0.1, -0.05) is 12.1 Å². The van der Waals surface area contributed by atoms with Gasteiger partial charge in [0.1, 0.15) is 11.9 Å². The van der Waals surface area contributed by atoms with E-state index in [4.69, 9.17) is 4.98 Å². The van der Waals surface area contributed by atoms with Crippen LogP contribution in [0.1, 0.15) is 30.9 Å². The molecular formula is C21H25N5O2S. The lowest BCUT2D eigenvalue weighted by Gasteiger charge is -2.37. The average molecular weight is 412 g/mol. The van der Waals surface area contributed by atoms with Gasteiger partial charge in [-0.05, 0) is 50.5 Å². The van der Waals surface area contributed by atoms with Gasteiger partial charge in [0.25, 0.3) is 0 Å². The maximum Gasteiger partial charge on any atom is 0.213 e. The van der Waals surface area contributed by atoms with Crippen LogP contribution in [0.25, 0.3) is 16.7 Å². The van der Waals surface area contributed by atoms with Crippen molar-refractivity contribution in [2.24, 2.45) is 0 Å². The largest absolute Gasteiger partial charge is 0.358 e. The van der Waals surface area contributed by atoms with E-state index in [0.717, 1.165) is 48.3 Å². The first-order chi connectivity index (χ1) is 13.9. The van der Waals surface area contributed by atoms with Crippen molar-refractivity contribution >= 4 is 32.5 Å². The number of nitriles is 1.